The molecule has 6 heteroatoms. The van der Waals surface area contributed by atoms with Gasteiger partial charge in [0.05, 0.1) is 11.4 Å². The molecular weight excluding hydrogens is 718 g/mol. The lowest BCUT2D eigenvalue weighted by Gasteiger charge is -2.45. The summed E-state index contributed by atoms with van der Waals surface area (Å²) < 4.78 is 1.31. The van der Waals surface area contributed by atoms with E-state index < -0.39 is 0 Å². The summed E-state index contributed by atoms with van der Waals surface area (Å²) in [5.41, 5.74) is 17.8. The van der Waals surface area contributed by atoms with Gasteiger partial charge in [0, 0.05) is 70.8 Å². The summed E-state index contributed by atoms with van der Waals surface area (Å²) in [6.07, 6.45) is 4.76. The lowest BCUT2D eigenvalue weighted by Crippen LogP contribution is -2.61. The zero-order chi connectivity index (χ0) is 36.7. The zero-order valence-corrected chi connectivity index (χ0v) is 32.4. The van der Waals surface area contributed by atoms with Crippen molar-refractivity contribution in [1.82, 2.24) is 0 Å². The number of thiophene rings is 1. The Morgan fingerprint density at radius 1 is 0.464 bits per heavy atom. The van der Waals surface area contributed by atoms with Crippen LogP contribution in [0.1, 0.15) is 25.7 Å². The first-order chi connectivity index (χ1) is 27.8. The molecule has 8 aromatic rings. The van der Waals surface area contributed by atoms with E-state index in [-0.39, 0.29) is 6.71 Å². The average Bonchev–Trinajstić information content (AvgIpc) is 3.70. The molecule has 266 valence electrons. The highest BCUT2D eigenvalue weighted by atomic mass is 32.2. The second-order valence-corrected chi connectivity index (χ2v) is 17.1. The molecule has 0 bridgehead atoms. The first-order valence-electron chi connectivity index (χ1n) is 19.7. The topological polar surface area (TPSA) is 9.72 Å². The third-order valence-electron chi connectivity index (χ3n) is 12.1. The molecule has 0 unspecified atom stereocenters. The molecule has 0 spiro atoms. The maximum absolute atomic E-state index is 2.58. The highest BCUT2D eigenvalue weighted by Crippen LogP contribution is 2.53. The van der Waals surface area contributed by atoms with Crippen molar-refractivity contribution >= 4 is 102 Å². The Kier molecular flexibility index (Phi) is 7.39. The Morgan fingerprint density at radius 2 is 1.16 bits per heavy atom. The van der Waals surface area contributed by atoms with Crippen LogP contribution in [-0.2, 0) is 0 Å². The van der Waals surface area contributed by atoms with Crippen molar-refractivity contribution in [1.29, 1.82) is 0 Å². The molecule has 0 atom stereocenters. The summed E-state index contributed by atoms with van der Waals surface area (Å²) in [5.74, 6) is 0. The number of thioether (sulfide) groups is 1. The molecule has 0 saturated heterocycles. The van der Waals surface area contributed by atoms with Crippen LogP contribution in [-0.4, -0.2) is 6.71 Å². The Balaban J connectivity index is 1.09. The van der Waals surface area contributed by atoms with Gasteiger partial charge >= 0.3 is 0 Å². The molecule has 4 aliphatic rings. The number of allylic oxidation sites excluding steroid dienone is 2. The van der Waals surface area contributed by atoms with E-state index in [4.69, 9.17) is 0 Å². The van der Waals surface area contributed by atoms with E-state index in [0.717, 1.165) is 12.8 Å². The predicted octanol–water partition coefficient (Wildman–Crippen LogP) is 12.7. The van der Waals surface area contributed by atoms with Gasteiger partial charge in [-0.2, -0.15) is 0 Å². The van der Waals surface area contributed by atoms with E-state index in [0.29, 0.717) is 0 Å². The molecular formula is C50H36BN3S2. The second-order valence-electron chi connectivity index (χ2n) is 15.1. The number of para-hydroxylation sites is 4. The minimum atomic E-state index is 0.0699. The fourth-order valence-corrected chi connectivity index (χ4v) is 11.9. The second kappa shape index (κ2) is 12.8. The number of anilines is 8. The SMILES string of the molecule is c1ccc(N2c3cc(N4C5=C(CCCC5)Sc5ccccc54)ccc3B3c4ccccc4N(c4ccccc4-c4csc5ccccc45)c4cccc2c43)cc1. The summed E-state index contributed by atoms with van der Waals surface area (Å²) in [6.45, 7) is 0.0699. The van der Waals surface area contributed by atoms with Gasteiger partial charge < -0.3 is 14.7 Å². The van der Waals surface area contributed by atoms with E-state index in [1.54, 1.807) is 0 Å². The van der Waals surface area contributed by atoms with Crippen LogP contribution in [0.15, 0.2) is 185 Å². The molecule has 4 heterocycles. The van der Waals surface area contributed by atoms with Crippen LogP contribution in [0.3, 0.4) is 0 Å². The van der Waals surface area contributed by atoms with Crippen molar-refractivity contribution in [3.05, 3.63) is 180 Å². The molecule has 0 radical (unpaired) electrons. The van der Waals surface area contributed by atoms with Crippen molar-refractivity contribution in [2.24, 2.45) is 0 Å². The van der Waals surface area contributed by atoms with Crippen molar-refractivity contribution in [3.63, 3.8) is 0 Å². The van der Waals surface area contributed by atoms with E-state index in [9.17, 15) is 0 Å². The molecule has 3 aliphatic heterocycles. The van der Waals surface area contributed by atoms with Gasteiger partial charge in [-0.25, -0.2) is 0 Å². The number of benzene rings is 7. The van der Waals surface area contributed by atoms with E-state index >= 15 is 0 Å². The maximum atomic E-state index is 2.58. The normalized spacial score (nSPS) is 15.3. The van der Waals surface area contributed by atoms with E-state index in [1.807, 2.05) is 23.1 Å². The van der Waals surface area contributed by atoms with Crippen molar-refractivity contribution in [2.75, 3.05) is 14.7 Å². The Bertz CT molecular complexity index is 2900. The van der Waals surface area contributed by atoms with Crippen LogP contribution in [0.4, 0.5) is 45.5 Å². The molecule has 0 saturated carbocycles. The quantitative estimate of drug-likeness (QED) is 0.166. The van der Waals surface area contributed by atoms with Gasteiger partial charge in [0.2, 0.25) is 0 Å². The van der Waals surface area contributed by atoms with Crippen LogP contribution in [0.2, 0.25) is 0 Å². The van der Waals surface area contributed by atoms with Crippen molar-refractivity contribution in [2.45, 2.75) is 30.6 Å². The minimum Gasteiger partial charge on any atom is -0.312 e. The number of hydrogen-bond donors (Lipinski definition) is 0. The standard InChI is InChI=1S/C50H36BN3S2/c1-2-15-33(16-3-1)52-44-24-14-25-45-50(44)51(39-30-29-34(31-46(39)52)53-42-22-9-12-27-48(42)56-49-28-13-10-23-43(49)53)38-19-6-8-21-41(38)54(45)40-20-7-4-17-35(40)37-32-55-47-26-11-5-18-36(37)47/h1-9,11-12,14-22,24-27,29-32H,10,13,23,28H2. The molecule has 1 aliphatic carbocycles. The number of hydrogen-bond acceptors (Lipinski definition) is 5. The first-order valence-corrected chi connectivity index (χ1v) is 21.4. The lowest BCUT2D eigenvalue weighted by molar-refractivity contribution is 0.680. The van der Waals surface area contributed by atoms with Gasteiger partial charge in [0.25, 0.3) is 6.71 Å². The third-order valence-corrected chi connectivity index (χ3v) is 14.3. The Hall–Kier alpha value is -5.95. The van der Waals surface area contributed by atoms with Crippen LogP contribution in [0.5, 0.6) is 0 Å². The molecule has 0 N–H and O–H groups in total. The molecule has 12 rings (SSSR count). The largest absolute Gasteiger partial charge is 0.312 e. The fraction of sp³-hybridized carbons (Fsp3) is 0.0800. The molecule has 3 nitrogen and oxygen atoms in total. The maximum Gasteiger partial charge on any atom is 0.252 e. The van der Waals surface area contributed by atoms with Crippen LogP contribution >= 0.6 is 23.1 Å². The average molecular weight is 754 g/mol. The monoisotopic (exact) mass is 753 g/mol. The Labute approximate surface area is 336 Å². The summed E-state index contributed by atoms with van der Waals surface area (Å²) >= 11 is 3.81. The number of nitrogens with zero attached hydrogens (tertiary/aromatic N) is 3. The van der Waals surface area contributed by atoms with Gasteiger partial charge in [-0.1, -0.05) is 109 Å². The summed E-state index contributed by atoms with van der Waals surface area (Å²) in [4.78, 5) is 10.5. The van der Waals surface area contributed by atoms with E-state index in [1.165, 1.54) is 111 Å². The van der Waals surface area contributed by atoms with Crippen LogP contribution in [0, 0.1) is 0 Å². The molecule has 56 heavy (non-hydrogen) atoms. The van der Waals surface area contributed by atoms with Gasteiger partial charge in [0.15, 0.2) is 0 Å². The molecule has 0 amide bonds. The number of rotatable bonds is 4. The van der Waals surface area contributed by atoms with Gasteiger partial charge in [-0.05, 0) is 114 Å². The van der Waals surface area contributed by atoms with Gasteiger partial charge in [-0.3, -0.25) is 0 Å². The predicted molar refractivity (Wildman–Crippen MR) is 241 cm³/mol. The smallest absolute Gasteiger partial charge is 0.252 e. The minimum absolute atomic E-state index is 0.0699. The van der Waals surface area contributed by atoms with Crippen LogP contribution in [0.25, 0.3) is 21.2 Å². The Morgan fingerprint density at radius 3 is 2.07 bits per heavy atom. The van der Waals surface area contributed by atoms with Crippen molar-refractivity contribution in [3.8, 4) is 11.1 Å². The molecule has 1 aromatic heterocycles. The van der Waals surface area contributed by atoms with Gasteiger partial charge in [-0.15, -0.1) is 11.3 Å². The zero-order valence-electron chi connectivity index (χ0n) is 30.7. The van der Waals surface area contributed by atoms with Gasteiger partial charge in [0.1, 0.15) is 0 Å². The summed E-state index contributed by atoms with van der Waals surface area (Å²) in [7, 11) is 0. The molecule has 0 fully saturated rings. The highest BCUT2D eigenvalue weighted by Gasteiger charge is 2.44. The lowest BCUT2D eigenvalue weighted by atomic mass is 9.33. The molecule has 7 aromatic carbocycles. The highest BCUT2D eigenvalue weighted by molar-refractivity contribution is 8.03. The summed E-state index contributed by atoms with van der Waals surface area (Å²) in [6, 6.07) is 61.1. The number of fused-ring (bicyclic) bond motifs is 6. The van der Waals surface area contributed by atoms with E-state index in [2.05, 4.69) is 184 Å². The first kappa shape index (κ1) is 32.3. The third kappa shape index (κ3) is 4.79. The fourth-order valence-electron chi connectivity index (χ4n) is 9.72. The van der Waals surface area contributed by atoms with Crippen LogP contribution < -0.4 is 31.1 Å². The summed E-state index contributed by atoms with van der Waals surface area (Å²) in [5, 5.41) is 3.63. The van der Waals surface area contributed by atoms with Crippen molar-refractivity contribution < 1.29 is 0 Å².